The van der Waals surface area contributed by atoms with Crippen LogP contribution >= 0.6 is 11.3 Å². The second-order valence-electron chi connectivity index (χ2n) is 3.64. The van der Waals surface area contributed by atoms with Crippen LogP contribution in [0.25, 0.3) is 11.0 Å². The Balaban J connectivity index is 2.16. The van der Waals surface area contributed by atoms with Gasteiger partial charge in [0.25, 0.3) is 0 Å². The van der Waals surface area contributed by atoms with Crippen molar-refractivity contribution in [2.24, 2.45) is 0 Å². The molecule has 3 rings (SSSR count). The Kier molecular flexibility index (Phi) is 2.29. The summed E-state index contributed by atoms with van der Waals surface area (Å²) >= 11 is 1.52. The van der Waals surface area contributed by atoms with Crippen LogP contribution in [0.4, 0.5) is 10.3 Å². The van der Waals surface area contributed by atoms with E-state index in [2.05, 4.69) is 9.97 Å². The van der Waals surface area contributed by atoms with Crippen LogP contribution in [0.5, 0.6) is 0 Å². The fourth-order valence-electron chi connectivity index (χ4n) is 1.77. The van der Waals surface area contributed by atoms with Crippen LogP contribution in [0.15, 0.2) is 29.1 Å². The van der Waals surface area contributed by atoms with Crippen LogP contribution < -0.4 is 5.73 Å². The molecule has 0 spiro atoms. The van der Waals surface area contributed by atoms with Crippen molar-refractivity contribution in [1.82, 2.24) is 14.5 Å². The van der Waals surface area contributed by atoms with Crippen molar-refractivity contribution in [2.45, 2.75) is 6.54 Å². The maximum atomic E-state index is 13.5. The van der Waals surface area contributed by atoms with Gasteiger partial charge in [-0.2, -0.15) is 0 Å². The first-order valence-electron chi connectivity index (χ1n) is 5.03. The molecule has 0 bridgehead atoms. The summed E-state index contributed by atoms with van der Waals surface area (Å²) in [6.45, 7) is 0.509. The molecule has 3 aromatic rings. The van der Waals surface area contributed by atoms with Crippen LogP contribution in [0.3, 0.4) is 0 Å². The van der Waals surface area contributed by atoms with Gasteiger partial charge in [-0.05, 0) is 12.1 Å². The van der Waals surface area contributed by atoms with Gasteiger partial charge in [0.2, 0.25) is 5.95 Å². The first kappa shape index (κ1) is 10.2. The topological polar surface area (TPSA) is 56.7 Å². The van der Waals surface area contributed by atoms with Crippen LogP contribution in [0, 0.1) is 5.82 Å². The first-order chi connectivity index (χ1) is 8.25. The van der Waals surface area contributed by atoms with Gasteiger partial charge >= 0.3 is 0 Å². The minimum Gasteiger partial charge on any atom is -0.369 e. The first-order valence-corrected chi connectivity index (χ1v) is 5.97. The van der Waals surface area contributed by atoms with Gasteiger partial charge in [0, 0.05) is 5.38 Å². The van der Waals surface area contributed by atoms with Crippen molar-refractivity contribution in [3.63, 3.8) is 0 Å². The molecule has 0 fully saturated rings. The Morgan fingerprint density at radius 3 is 3.06 bits per heavy atom. The minimum atomic E-state index is -0.355. The summed E-state index contributed by atoms with van der Waals surface area (Å²) in [5.74, 6) is -0.0515. The number of hydrogen-bond donors (Lipinski definition) is 1. The van der Waals surface area contributed by atoms with Crippen molar-refractivity contribution in [2.75, 3.05) is 5.73 Å². The summed E-state index contributed by atoms with van der Waals surface area (Å²) in [5.41, 5.74) is 9.44. The van der Waals surface area contributed by atoms with Gasteiger partial charge in [0.05, 0.1) is 23.3 Å². The average Bonchev–Trinajstić information content (AvgIpc) is 2.91. The van der Waals surface area contributed by atoms with Crippen molar-refractivity contribution in [3.05, 3.63) is 40.6 Å². The number of aromatic nitrogens is 3. The van der Waals surface area contributed by atoms with E-state index in [4.69, 9.17) is 5.73 Å². The van der Waals surface area contributed by atoms with E-state index >= 15 is 0 Å². The number of benzene rings is 1. The molecule has 86 valence electrons. The third-order valence-electron chi connectivity index (χ3n) is 2.56. The lowest BCUT2D eigenvalue weighted by atomic mass is 10.3. The lowest BCUT2D eigenvalue weighted by Gasteiger charge is -2.03. The van der Waals surface area contributed by atoms with Crippen molar-refractivity contribution in [3.8, 4) is 0 Å². The second kappa shape index (κ2) is 3.81. The molecule has 0 saturated carbocycles. The van der Waals surface area contributed by atoms with Gasteiger partial charge in [0.1, 0.15) is 5.52 Å². The summed E-state index contributed by atoms with van der Waals surface area (Å²) in [6.07, 6.45) is 0. The number of nitrogens with two attached hydrogens (primary N) is 1. The van der Waals surface area contributed by atoms with E-state index in [1.54, 1.807) is 22.2 Å². The van der Waals surface area contributed by atoms with Crippen molar-refractivity contribution >= 4 is 28.3 Å². The minimum absolute atomic E-state index is 0.304. The molecule has 0 aliphatic rings. The van der Waals surface area contributed by atoms with Crippen LogP contribution in [-0.4, -0.2) is 14.5 Å². The van der Waals surface area contributed by atoms with E-state index in [1.807, 2.05) is 5.38 Å². The van der Waals surface area contributed by atoms with Crippen LogP contribution in [0.2, 0.25) is 0 Å². The number of halogens is 1. The molecule has 1 aromatic carbocycles. The molecule has 4 nitrogen and oxygen atoms in total. The van der Waals surface area contributed by atoms with Gasteiger partial charge in [0.15, 0.2) is 5.82 Å². The molecule has 6 heteroatoms. The zero-order valence-electron chi connectivity index (χ0n) is 8.80. The van der Waals surface area contributed by atoms with Gasteiger partial charge in [-0.1, -0.05) is 6.07 Å². The number of para-hydroxylation sites is 1. The number of rotatable bonds is 2. The van der Waals surface area contributed by atoms with E-state index in [1.165, 1.54) is 17.4 Å². The predicted molar refractivity (Wildman–Crippen MR) is 65.3 cm³/mol. The molecule has 0 aliphatic heterocycles. The highest BCUT2D eigenvalue weighted by Crippen LogP contribution is 2.21. The Bertz CT molecular complexity index is 659. The summed E-state index contributed by atoms with van der Waals surface area (Å²) in [7, 11) is 0. The molecule has 2 heterocycles. The van der Waals surface area contributed by atoms with Gasteiger partial charge in [-0.3, -0.25) is 0 Å². The lowest BCUT2D eigenvalue weighted by Crippen LogP contribution is -2.04. The largest absolute Gasteiger partial charge is 0.369 e. The smallest absolute Gasteiger partial charge is 0.201 e. The number of hydrogen-bond acceptors (Lipinski definition) is 4. The monoisotopic (exact) mass is 248 g/mol. The highest BCUT2D eigenvalue weighted by Gasteiger charge is 2.12. The number of nitrogens with zero attached hydrogens (tertiary/aromatic N) is 3. The Morgan fingerprint density at radius 2 is 2.29 bits per heavy atom. The summed E-state index contributed by atoms with van der Waals surface area (Å²) < 4.78 is 15.3. The van der Waals surface area contributed by atoms with Gasteiger partial charge in [-0.15, -0.1) is 11.3 Å². The third-order valence-corrected chi connectivity index (χ3v) is 3.20. The zero-order chi connectivity index (χ0) is 11.8. The Morgan fingerprint density at radius 1 is 1.41 bits per heavy atom. The summed E-state index contributed by atoms with van der Waals surface area (Å²) in [5, 5.41) is 1.94. The molecular weight excluding hydrogens is 239 g/mol. The fourth-order valence-corrected chi connectivity index (χ4v) is 2.32. The van der Waals surface area contributed by atoms with Crippen molar-refractivity contribution < 1.29 is 4.39 Å². The number of nitrogen functional groups attached to an aromatic ring is 1. The maximum Gasteiger partial charge on any atom is 0.201 e. The fraction of sp³-hybridized carbons (Fsp3) is 0.0909. The van der Waals surface area contributed by atoms with E-state index < -0.39 is 0 Å². The molecular formula is C11H9FN4S. The molecule has 0 amide bonds. The van der Waals surface area contributed by atoms with Gasteiger partial charge < -0.3 is 10.3 Å². The quantitative estimate of drug-likeness (QED) is 0.756. The number of imidazole rings is 1. The summed E-state index contributed by atoms with van der Waals surface area (Å²) in [6, 6.07) is 4.83. The summed E-state index contributed by atoms with van der Waals surface area (Å²) in [4.78, 5) is 8.22. The van der Waals surface area contributed by atoms with Crippen LogP contribution in [-0.2, 0) is 6.54 Å². The second-order valence-corrected chi connectivity index (χ2v) is 4.36. The van der Waals surface area contributed by atoms with E-state index in [-0.39, 0.29) is 5.82 Å². The van der Waals surface area contributed by atoms with E-state index in [0.717, 1.165) is 5.69 Å². The normalized spacial score (nSPS) is 11.1. The van der Waals surface area contributed by atoms with E-state index in [0.29, 0.717) is 23.5 Å². The van der Waals surface area contributed by atoms with E-state index in [9.17, 15) is 4.39 Å². The molecule has 0 saturated heterocycles. The lowest BCUT2D eigenvalue weighted by molar-refractivity contribution is 0.637. The molecule has 2 N–H and O–H groups in total. The predicted octanol–water partition coefficient (Wildman–Crippen LogP) is 2.26. The van der Waals surface area contributed by atoms with Gasteiger partial charge in [-0.25, -0.2) is 14.4 Å². The molecule has 0 unspecified atom stereocenters. The molecule has 0 aliphatic carbocycles. The third kappa shape index (κ3) is 1.66. The molecule has 17 heavy (non-hydrogen) atoms. The maximum absolute atomic E-state index is 13.5. The molecule has 2 aromatic heterocycles. The molecule has 0 atom stereocenters. The highest BCUT2D eigenvalue weighted by atomic mass is 32.1. The SMILES string of the molecule is Nc1nc2c(F)cccc2n1Cc1cscn1. The highest BCUT2D eigenvalue weighted by molar-refractivity contribution is 7.07. The number of thiazole rings is 1. The zero-order valence-corrected chi connectivity index (χ0v) is 9.62. The number of fused-ring (bicyclic) bond motifs is 1. The van der Waals surface area contributed by atoms with Crippen LogP contribution in [0.1, 0.15) is 5.69 Å². The average molecular weight is 248 g/mol. The van der Waals surface area contributed by atoms with Crippen molar-refractivity contribution in [1.29, 1.82) is 0 Å². The standard InChI is InChI=1S/C11H9FN4S/c12-8-2-1-3-9-10(8)15-11(13)16(9)4-7-5-17-6-14-7/h1-3,5-6H,4H2,(H2,13,15). The Labute approximate surface area is 101 Å². The number of anilines is 1. The Hall–Kier alpha value is -1.95. The molecule has 0 radical (unpaired) electrons.